The standard InChI is InChI=1S/C18H12ClN3O4S/c19-15-10-13(22(25)26)6-7-14(15)17(23)20-11-3-1-4-12(9-11)21-18(24)16-5-2-8-27-16/h1-10H,(H,20,23)(H,21,24). The molecule has 136 valence electrons. The van der Waals surface area contributed by atoms with Crippen LogP contribution in [0.3, 0.4) is 0 Å². The smallest absolute Gasteiger partial charge is 0.270 e. The van der Waals surface area contributed by atoms with Gasteiger partial charge in [-0.05, 0) is 35.7 Å². The average molecular weight is 402 g/mol. The number of halogens is 1. The summed E-state index contributed by atoms with van der Waals surface area (Å²) in [5.74, 6) is -0.761. The highest BCUT2D eigenvalue weighted by Crippen LogP contribution is 2.24. The van der Waals surface area contributed by atoms with Gasteiger partial charge in [-0.3, -0.25) is 19.7 Å². The van der Waals surface area contributed by atoms with E-state index in [4.69, 9.17) is 11.6 Å². The molecule has 9 heteroatoms. The lowest BCUT2D eigenvalue weighted by Gasteiger charge is -2.09. The minimum Gasteiger partial charge on any atom is -0.322 e. The SMILES string of the molecule is O=C(Nc1cccc(NC(=O)c2ccc([N+](=O)[O-])cc2Cl)c1)c1cccs1. The van der Waals surface area contributed by atoms with E-state index in [2.05, 4.69) is 10.6 Å². The Kier molecular flexibility index (Phi) is 5.49. The third-order valence-corrected chi connectivity index (χ3v) is 4.71. The number of carbonyl (C=O) groups is 2. The first-order valence-corrected chi connectivity index (χ1v) is 8.90. The molecule has 27 heavy (non-hydrogen) atoms. The highest BCUT2D eigenvalue weighted by atomic mass is 35.5. The second kappa shape index (κ2) is 7.98. The van der Waals surface area contributed by atoms with Crippen molar-refractivity contribution in [2.24, 2.45) is 0 Å². The van der Waals surface area contributed by atoms with E-state index in [1.807, 2.05) is 0 Å². The number of thiophene rings is 1. The molecule has 0 radical (unpaired) electrons. The molecule has 0 saturated carbocycles. The summed E-state index contributed by atoms with van der Waals surface area (Å²) in [7, 11) is 0. The molecule has 1 aromatic heterocycles. The molecule has 0 bridgehead atoms. The first-order valence-electron chi connectivity index (χ1n) is 7.64. The molecule has 1 heterocycles. The third kappa shape index (κ3) is 4.49. The number of carbonyl (C=O) groups excluding carboxylic acids is 2. The fourth-order valence-electron chi connectivity index (χ4n) is 2.28. The van der Waals surface area contributed by atoms with E-state index >= 15 is 0 Å². The quantitative estimate of drug-likeness (QED) is 0.473. The van der Waals surface area contributed by atoms with Gasteiger partial charge in [0.1, 0.15) is 0 Å². The van der Waals surface area contributed by atoms with Crippen molar-refractivity contribution in [1.29, 1.82) is 0 Å². The zero-order chi connectivity index (χ0) is 19.4. The van der Waals surface area contributed by atoms with Gasteiger partial charge in [-0.1, -0.05) is 23.7 Å². The number of nitrogens with one attached hydrogen (secondary N) is 2. The van der Waals surface area contributed by atoms with Gasteiger partial charge in [-0.25, -0.2) is 0 Å². The number of hydrogen-bond acceptors (Lipinski definition) is 5. The summed E-state index contributed by atoms with van der Waals surface area (Å²) >= 11 is 7.29. The Morgan fingerprint density at radius 1 is 0.963 bits per heavy atom. The van der Waals surface area contributed by atoms with Crippen molar-refractivity contribution in [2.45, 2.75) is 0 Å². The maximum absolute atomic E-state index is 12.4. The Bertz CT molecular complexity index is 1020. The van der Waals surface area contributed by atoms with Gasteiger partial charge in [0, 0.05) is 23.5 Å². The molecular formula is C18H12ClN3O4S. The lowest BCUT2D eigenvalue weighted by Crippen LogP contribution is -2.14. The fourth-order valence-corrected chi connectivity index (χ4v) is 3.15. The minimum absolute atomic E-state index is 0.0242. The Morgan fingerprint density at radius 2 is 1.67 bits per heavy atom. The van der Waals surface area contributed by atoms with Gasteiger partial charge in [0.25, 0.3) is 17.5 Å². The van der Waals surface area contributed by atoms with Crippen molar-refractivity contribution in [3.8, 4) is 0 Å². The van der Waals surface area contributed by atoms with E-state index in [0.717, 1.165) is 6.07 Å². The summed E-state index contributed by atoms with van der Waals surface area (Å²) in [6, 6.07) is 13.7. The molecule has 0 aliphatic carbocycles. The van der Waals surface area contributed by atoms with Gasteiger partial charge >= 0.3 is 0 Å². The summed E-state index contributed by atoms with van der Waals surface area (Å²) in [5, 5.41) is 17.9. The van der Waals surface area contributed by atoms with Crippen LogP contribution >= 0.6 is 22.9 Å². The predicted octanol–water partition coefficient (Wildman–Crippen LogP) is 4.81. The maximum atomic E-state index is 12.4. The maximum Gasteiger partial charge on any atom is 0.270 e. The number of nitro benzene ring substituents is 1. The fraction of sp³-hybridized carbons (Fsp3) is 0. The van der Waals surface area contributed by atoms with E-state index < -0.39 is 10.8 Å². The van der Waals surface area contributed by atoms with Gasteiger partial charge in [-0.15, -0.1) is 11.3 Å². The van der Waals surface area contributed by atoms with Crippen molar-refractivity contribution in [1.82, 2.24) is 0 Å². The van der Waals surface area contributed by atoms with Crippen LogP contribution in [0.4, 0.5) is 17.1 Å². The van der Waals surface area contributed by atoms with Crippen LogP contribution < -0.4 is 10.6 Å². The Hall–Kier alpha value is -3.23. The molecule has 0 fully saturated rings. The summed E-state index contributed by atoms with van der Waals surface area (Å²) in [6.07, 6.45) is 0. The highest BCUT2D eigenvalue weighted by Gasteiger charge is 2.15. The Balaban J connectivity index is 1.73. The zero-order valence-electron chi connectivity index (χ0n) is 13.6. The topological polar surface area (TPSA) is 101 Å². The number of nitrogens with zero attached hydrogens (tertiary/aromatic N) is 1. The molecule has 3 rings (SSSR count). The molecule has 2 amide bonds. The van der Waals surface area contributed by atoms with Crippen LogP contribution in [0.5, 0.6) is 0 Å². The van der Waals surface area contributed by atoms with Crippen LogP contribution in [-0.4, -0.2) is 16.7 Å². The highest BCUT2D eigenvalue weighted by molar-refractivity contribution is 7.12. The van der Waals surface area contributed by atoms with Gasteiger partial charge < -0.3 is 10.6 Å². The van der Waals surface area contributed by atoms with Crippen LogP contribution in [0.15, 0.2) is 60.0 Å². The van der Waals surface area contributed by atoms with Crippen LogP contribution in [0.2, 0.25) is 5.02 Å². The molecule has 2 N–H and O–H groups in total. The summed E-state index contributed by atoms with van der Waals surface area (Å²) in [6.45, 7) is 0. The van der Waals surface area contributed by atoms with E-state index in [1.54, 1.807) is 41.8 Å². The number of benzene rings is 2. The van der Waals surface area contributed by atoms with E-state index in [9.17, 15) is 19.7 Å². The summed E-state index contributed by atoms with van der Waals surface area (Å²) in [4.78, 5) is 35.2. The van der Waals surface area contributed by atoms with Gasteiger partial charge in [0.05, 0.1) is 20.4 Å². The summed E-state index contributed by atoms with van der Waals surface area (Å²) < 4.78 is 0. The molecular weight excluding hydrogens is 390 g/mol. The normalized spacial score (nSPS) is 10.3. The molecule has 0 atom stereocenters. The lowest BCUT2D eigenvalue weighted by molar-refractivity contribution is -0.384. The zero-order valence-corrected chi connectivity index (χ0v) is 15.2. The number of nitro groups is 1. The van der Waals surface area contributed by atoms with Gasteiger partial charge in [-0.2, -0.15) is 0 Å². The summed E-state index contributed by atoms with van der Waals surface area (Å²) in [5.41, 5.74) is 0.865. The molecule has 0 spiro atoms. The molecule has 3 aromatic rings. The number of rotatable bonds is 5. The minimum atomic E-state index is -0.590. The van der Waals surface area contributed by atoms with Crippen LogP contribution in [0, 0.1) is 10.1 Å². The Morgan fingerprint density at radius 3 is 2.26 bits per heavy atom. The number of non-ortho nitro benzene ring substituents is 1. The monoisotopic (exact) mass is 401 g/mol. The largest absolute Gasteiger partial charge is 0.322 e. The van der Waals surface area contributed by atoms with E-state index in [0.29, 0.717) is 16.3 Å². The molecule has 7 nitrogen and oxygen atoms in total. The van der Waals surface area contributed by atoms with Crippen LogP contribution in [0.25, 0.3) is 0 Å². The second-order valence-electron chi connectivity index (χ2n) is 5.39. The number of amides is 2. The van der Waals surface area contributed by atoms with Crippen molar-refractivity contribution in [3.63, 3.8) is 0 Å². The van der Waals surface area contributed by atoms with Crippen molar-refractivity contribution in [3.05, 3.63) is 85.6 Å². The number of hydrogen-bond donors (Lipinski definition) is 2. The van der Waals surface area contributed by atoms with Crippen molar-refractivity contribution >= 4 is 51.8 Å². The van der Waals surface area contributed by atoms with Crippen LogP contribution in [0.1, 0.15) is 20.0 Å². The molecule has 2 aromatic carbocycles. The molecule has 0 aliphatic heterocycles. The van der Waals surface area contributed by atoms with Gasteiger partial charge in [0.15, 0.2) is 0 Å². The van der Waals surface area contributed by atoms with Crippen molar-refractivity contribution in [2.75, 3.05) is 10.6 Å². The predicted molar refractivity (Wildman–Crippen MR) is 105 cm³/mol. The first kappa shape index (κ1) is 18.6. The molecule has 0 unspecified atom stereocenters. The first-order chi connectivity index (χ1) is 12.9. The molecule has 0 aliphatic rings. The van der Waals surface area contributed by atoms with Crippen molar-refractivity contribution < 1.29 is 14.5 Å². The van der Waals surface area contributed by atoms with Gasteiger partial charge in [0.2, 0.25) is 0 Å². The Labute approximate surface area is 162 Å². The van der Waals surface area contributed by atoms with Crippen LogP contribution in [-0.2, 0) is 0 Å². The third-order valence-electron chi connectivity index (χ3n) is 3.53. The molecule has 0 saturated heterocycles. The lowest BCUT2D eigenvalue weighted by atomic mass is 10.2. The van der Waals surface area contributed by atoms with E-state index in [1.165, 1.54) is 23.5 Å². The average Bonchev–Trinajstić information content (AvgIpc) is 3.16. The van der Waals surface area contributed by atoms with E-state index in [-0.39, 0.29) is 22.2 Å². The number of anilines is 2. The second-order valence-corrected chi connectivity index (χ2v) is 6.74.